The topological polar surface area (TPSA) is 66.4 Å². The third-order valence-corrected chi connectivity index (χ3v) is 2.61. The standard InChI is InChI=1S/C11H21NO3/c1-5-6-9(11(14)15)12-10(13)8(4)7(2)3/h7-9H,5-6H2,1-4H3,(H,12,13)(H,14,15)/t8?,9-/m0/s1. The quantitative estimate of drug-likeness (QED) is 0.708. The van der Waals surface area contributed by atoms with Gasteiger partial charge in [0.05, 0.1) is 0 Å². The molecule has 4 nitrogen and oxygen atoms in total. The maximum Gasteiger partial charge on any atom is 0.326 e. The van der Waals surface area contributed by atoms with E-state index in [4.69, 9.17) is 5.11 Å². The molecule has 0 radical (unpaired) electrons. The number of carboxylic acids is 1. The maximum atomic E-state index is 11.6. The molecule has 0 saturated heterocycles. The lowest BCUT2D eigenvalue weighted by molar-refractivity contribution is -0.142. The van der Waals surface area contributed by atoms with E-state index in [2.05, 4.69) is 5.32 Å². The highest BCUT2D eigenvalue weighted by atomic mass is 16.4. The van der Waals surface area contributed by atoms with Crippen molar-refractivity contribution in [3.63, 3.8) is 0 Å². The van der Waals surface area contributed by atoms with Gasteiger partial charge in [0, 0.05) is 5.92 Å². The van der Waals surface area contributed by atoms with Gasteiger partial charge in [-0.2, -0.15) is 0 Å². The van der Waals surface area contributed by atoms with E-state index in [9.17, 15) is 9.59 Å². The van der Waals surface area contributed by atoms with Crippen LogP contribution in [-0.4, -0.2) is 23.0 Å². The summed E-state index contributed by atoms with van der Waals surface area (Å²) in [5.74, 6) is -1.06. The van der Waals surface area contributed by atoms with Crippen LogP contribution in [0.4, 0.5) is 0 Å². The Morgan fingerprint density at radius 2 is 1.80 bits per heavy atom. The van der Waals surface area contributed by atoms with Crippen molar-refractivity contribution in [1.29, 1.82) is 0 Å². The number of carbonyl (C=O) groups excluding carboxylic acids is 1. The summed E-state index contributed by atoms with van der Waals surface area (Å²) < 4.78 is 0. The molecule has 1 amide bonds. The van der Waals surface area contributed by atoms with Crippen molar-refractivity contribution >= 4 is 11.9 Å². The predicted molar refractivity (Wildman–Crippen MR) is 58.5 cm³/mol. The number of rotatable bonds is 6. The van der Waals surface area contributed by atoms with Crippen LogP contribution in [0.2, 0.25) is 0 Å². The fourth-order valence-electron chi connectivity index (χ4n) is 1.15. The van der Waals surface area contributed by atoms with Crippen LogP contribution in [0.5, 0.6) is 0 Å². The fraction of sp³-hybridized carbons (Fsp3) is 0.818. The van der Waals surface area contributed by atoms with Crippen molar-refractivity contribution < 1.29 is 14.7 Å². The first-order valence-electron chi connectivity index (χ1n) is 5.43. The van der Waals surface area contributed by atoms with E-state index in [1.54, 1.807) is 0 Å². The van der Waals surface area contributed by atoms with Gasteiger partial charge >= 0.3 is 5.97 Å². The van der Waals surface area contributed by atoms with E-state index in [1.165, 1.54) is 0 Å². The molecule has 0 aliphatic carbocycles. The number of nitrogens with one attached hydrogen (secondary N) is 1. The lowest BCUT2D eigenvalue weighted by Crippen LogP contribution is -2.43. The van der Waals surface area contributed by atoms with Crippen LogP contribution in [0, 0.1) is 11.8 Å². The maximum absolute atomic E-state index is 11.6. The third kappa shape index (κ3) is 4.81. The molecule has 88 valence electrons. The summed E-state index contributed by atoms with van der Waals surface area (Å²) in [6, 6.07) is -0.747. The first-order chi connectivity index (χ1) is 6.90. The highest BCUT2D eigenvalue weighted by Crippen LogP contribution is 2.10. The van der Waals surface area contributed by atoms with Crippen LogP contribution >= 0.6 is 0 Å². The molecule has 0 aliphatic rings. The highest BCUT2D eigenvalue weighted by molar-refractivity contribution is 5.84. The Labute approximate surface area is 91.1 Å². The van der Waals surface area contributed by atoms with Gasteiger partial charge in [-0.1, -0.05) is 34.1 Å². The average Bonchev–Trinajstić information content (AvgIpc) is 2.15. The van der Waals surface area contributed by atoms with Crippen molar-refractivity contribution in [1.82, 2.24) is 5.32 Å². The van der Waals surface area contributed by atoms with Crippen LogP contribution in [0.3, 0.4) is 0 Å². The van der Waals surface area contributed by atoms with Crippen LogP contribution in [0.15, 0.2) is 0 Å². The van der Waals surface area contributed by atoms with Gasteiger partial charge in [-0.3, -0.25) is 4.79 Å². The fourth-order valence-corrected chi connectivity index (χ4v) is 1.15. The van der Waals surface area contributed by atoms with Gasteiger partial charge in [-0.25, -0.2) is 4.79 Å². The second-order valence-electron chi connectivity index (χ2n) is 4.22. The van der Waals surface area contributed by atoms with E-state index in [1.807, 2.05) is 27.7 Å². The number of carbonyl (C=O) groups is 2. The summed E-state index contributed by atoms with van der Waals surface area (Å²) in [5.41, 5.74) is 0. The molecule has 2 N–H and O–H groups in total. The SMILES string of the molecule is CCC[C@H](NC(=O)C(C)C(C)C)C(=O)O. The molecule has 0 aromatic rings. The highest BCUT2D eigenvalue weighted by Gasteiger charge is 2.23. The van der Waals surface area contributed by atoms with Gasteiger partial charge in [-0.15, -0.1) is 0 Å². The first-order valence-corrected chi connectivity index (χ1v) is 5.43. The summed E-state index contributed by atoms with van der Waals surface area (Å²) in [6.07, 6.45) is 1.22. The van der Waals surface area contributed by atoms with E-state index in [-0.39, 0.29) is 17.7 Å². The molecule has 0 heterocycles. The lowest BCUT2D eigenvalue weighted by atomic mass is 9.96. The number of hydrogen-bond acceptors (Lipinski definition) is 2. The number of amides is 1. The van der Waals surface area contributed by atoms with Gasteiger partial charge in [-0.05, 0) is 12.3 Å². The summed E-state index contributed by atoms with van der Waals surface area (Å²) in [4.78, 5) is 22.4. The van der Waals surface area contributed by atoms with Crippen LogP contribution in [-0.2, 0) is 9.59 Å². The summed E-state index contributed by atoms with van der Waals surface area (Å²) in [6.45, 7) is 7.60. The van der Waals surface area contributed by atoms with Crippen molar-refractivity contribution in [3.8, 4) is 0 Å². The Morgan fingerprint density at radius 1 is 1.27 bits per heavy atom. The monoisotopic (exact) mass is 215 g/mol. The molecular formula is C11H21NO3. The summed E-state index contributed by atoms with van der Waals surface area (Å²) >= 11 is 0. The van der Waals surface area contributed by atoms with Crippen molar-refractivity contribution in [2.24, 2.45) is 11.8 Å². The lowest BCUT2D eigenvalue weighted by Gasteiger charge is -2.19. The second-order valence-corrected chi connectivity index (χ2v) is 4.22. The van der Waals surface area contributed by atoms with E-state index in [0.29, 0.717) is 6.42 Å². The van der Waals surface area contributed by atoms with Gasteiger partial charge in [0.1, 0.15) is 6.04 Å². The van der Waals surface area contributed by atoms with Crippen molar-refractivity contribution in [3.05, 3.63) is 0 Å². The molecule has 0 spiro atoms. The molecular weight excluding hydrogens is 194 g/mol. The first kappa shape index (κ1) is 13.9. The Hall–Kier alpha value is -1.06. The minimum absolute atomic E-state index is 0.149. The zero-order valence-electron chi connectivity index (χ0n) is 9.91. The van der Waals surface area contributed by atoms with Gasteiger partial charge < -0.3 is 10.4 Å². The molecule has 15 heavy (non-hydrogen) atoms. The molecule has 4 heteroatoms. The van der Waals surface area contributed by atoms with Gasteiger partial charge in [0.25, 0.3) is 0 Å². The molecule has 0 aliphatic heterocycles. The predicted octanol–water partition coefficient (Wildman–Crippen LogP) is 1.65. The van der Waals surface area contributed by atoms with Crippen molar-refractivity contribution in [2.45, 2.75) is 46.6 Å². The zero-order chi connectivity index (χ0) is 12.0. The Kier molecular flexibility index (Phi) is 5.97. The molecule has 1 unspecified atom stereocenters. The Morgan fingerprint density at radius 3 is 2.13 bits per heavy atom. The zero-order valence-corrected chi connectivity index (χ0v) is 9.91. The number of hydrogen-bond donors (Lipinski definition) is 2. The number of aliphatic carboxylic acids is 1. The van der Waals surface area contributed by atoms with E-state index in [0.717, 1.165) is 6.42 Å². The van der Waals surface area contributed by atoms with E-state index >= 15 is 0 Å². The van der Waals surface area contributed by atoms with Crippen molar-refractivity contribution in [2.75, 3.05) is 0 Å². The van der Waals surface area contributed by atoms with Crippen LogP contribution in [0.25, 0.3) is 0 Å². The average molecular weight is 215 g/mol. The second kappa shape index (κ2) is 6.43. The Balaban J connectivity index is 4.28. The molecule has 0 fully saturated rings. The minimum Gasteiger partial charge on any atom is -0.480 e. The summed E-state index contributed by atoms with van der Waals surface area (Å²) in [5, 5.41) is 11.4. The number of carboxylic acid groups (broad SMARTS) is 1. The molecule has 0 saturated carbocycles. The molecule has 0 aromatic heterocycles. The van der Waals surface area contributed by atoms with Crippen LogP contribution < -0.4 is 5.32 Å². The molecule has 0 rings (SSSR count). The minimum atomic E-state index is -0.957. The van der Waals surface area contributed by atoms with Gasteiger partial charge in [0.2, 0.25) is 5.91 Å². The summed E-state index contributed by atoms with van der Waals surface area (Å²) in [7, 11) is 0. The molecule has 0 aromatic carbocycles. The Bertz CT molecular complexity index is 226. The van der Waals surface area contributed by atoms with Crippen LogP contribution in [0.1, 0.15) is 40.5 Å². The van der Waals surface area contributed by atoms with Gasteiger partial charge in [0.15, 0.2) is 0 Å². The third-order valence-electron chi connectivity index (χ3n) is 2.61. The largest absolute Gasteiger partial charge is 0.480 e. The van der Waals surface area contributed by atoms with E-state index < -0.39 is 12.0 Å². The molecule has 0 bridgehead atoms. The smallest absolute Gasteiger partial charge is 0.326 e. The normalized spacial score (nSPS) is 14.7. The molecule has 2 atom stereocenters.